The number of halogens is 1. The lowest BCUT2D eigenvalue weighted by molar-refractivity contribution is 1.69. The maximum atomic E-state index is 3.51. The second kappa shape index (κ2) is 6.35. The summed E-state index contributed by atoms with van der Waals surface area (Å²) in [4.78, 5) is 0. The summed E-state index contributed by atoms with van der Waals surface area (Å²) in [6.45, 7) is 0. The first kappa shape index (κ1) is 13.5. The molecule has 20 heavy (non-hydrogen) atoms. The minimum Gasteiger partial charge on any atom is -0.0622 e. The Balaban J connectivity index is 2.11. The van der Waals surface area contributed by atoms with E-state index in [2.05, 4.69) is 101 Å². The van der Waals surface area contributed by atoms with Crippen molar-refractivity contribution in [3.05, 3.63) is 89.4 Å². The van der Waals surface area contributed by atoms with Crippen LogP contribution in [-0.2, 0) is 0 Å². The van der Waals surface area contributed by atoms with E-state index in [-0.39, 0.29) is 0 Å². The average molecular weight is 341 g/mol. The Hall–Kier alpha value is -1.43. The van der Waals surface area contributed by atoms with Gasteiger partial charge in [0.25, 0.3) is 0 Å². The molecule has 0 unspecified atom stereocenters. The van der Waals surface area contributed by atoms with Gasteiger partial charge >= 0.3 is 0 Å². The van der Waals surface area contributed by atoms with Crippen molar-refractivity contribution in [2.45, 2.75) is 0 Å². The molecule has 0 aliphatic rings. The molecule has 0 heterocycles. The highest BCUT2D eigenvalue weighted by atomic mass is 79.9. The van der Waals surface area contributed by atoms with Gasteiger partial charge in [0.2, 0.25) is 0 Å². The molecule has 0 radical (unpaired) electrons. The van der Waals surface area contributed by atoms with E-state index in [1.165, 1.54) is 15.9 Å². The molecule has 3 aromatic rings. The van der Waals surface area contributed by atoms with E-state index in [0.29, 0.717) is 0 Å². The molecule has 0 saturated carbocycles. The van der Waals surface area contributed by atoms with Gasteiger partial charge < -0.3 is 0 Å². The topological polar surface area (TPSA) is 0 Å². The van der Waals surface area contributed by atoms with Gasteiger partial charge in [-0.25, -0.2) is 0 Å². The Morgan fingerprint density at radius 1 is 0.500 bits per heavy atom. The number of hydrogen-bond donors (Lipinski definition) is 0. The van der Waals surface area contributed by atoms with Gasteiger partial charge in [-0.3, -0.25) is 0 Å². The van der Waals surface area contributed by atoms with E-state index in [1.807, 2.05) is 0 Å². The minimum atomic E-state index is -0.479. The summed E-state index contributed by atoms with van der Waals surface area (Å²) < 4.78 is 1.12. The van der Waals surface area contributed by atoms with Crippen LogP contribution in [0.1, 0.15) is 0 Å². The van der Waals surface area contributed by atoms with Crippen LogP contribution in [0.5, 0.6) is 0 Å². The molecular formula is C18H14BrP. The first-order valence-electron chi connectivity index (χ1n) is 6.50. The zero-order valence-electron chi connectivity index (χ0n) is 10.9. The summed E-state index contributed by atoms with van der Waals surface area (Å²) in [7, 11) is -0.479. The molecule has 3 rings (SSSR count). The first-order valence-corrected chi connectivity index (χ1v) is 8.64. The van der Waals surface area contributed by atoms with Gasteiger partial charge in [-0.2, -0.15) is 0 Å². The molecule has 0 nitrogen and oxygen atoms in total. The van der Waals surface area contributed by atoms with Crippen molar-refractivity contribution in [3.8, 4) is 0 Å². The summed E-state index contributed by atoms with van der Waals surface area (Å²) in [5, 5.41) is 4.15. The van der Waals surface area contributed by atoms with Crippen molar-refractivity contribution in [3.63, 3.8) is 0 Å². The van der Waals surface area contributed by atoms with Crippen LogP contribution in [0.3, 0.4) is 0 Å². The van der Waals surface area contributed by atoms with Crippen LogP contribution in [-0.4, -0.2) is 0 Å². The van der Waals surface area contributed by atoms with Crippen molar-refractivity contribution in [1.82, 2.24) is 0 Å². The van der Waals surface area contributed by atoms with Gasteiger partial charge in [0.15, 0.2) is 0 Å². The summed E-state index contributed by atoms with van der Waals surface area (Å²) in [5.74, 6) is 0. The van der Waals surface area contributed by atoms with E-state index < -0.39 is 7.92 Å². The molecule has 0 aromatic heterocycles. The summed E-state index contributed by atoms with van der Waals surface area (Å²) in [6.07, 6.45) is 0. The molecule has 0 saturated heterocycles. The van der Waals surface area contributed by atoms with Crippen LogP contribution in [0.15, 0.2) is 89.4 Å². The van der Waals surface area contributed by atoms with Crippen LogP contribution in [0.25, 0.3) is 0 Å². The number of hydrogen-bond acceptors (Lipinski definition) is 0. The standard InChI is InChI=1S/C18H14BrP/c19-15-11-13-18(14-12-15)20(16-7-3-1-4-8-16)17-9-5-2-6-10-17/h1-14H. The van der Waals surface area contributed by atoms with Crippen LogP contribution < -0.4 is 15.9 Å². The van der Waals surface area contributed by atoms with Crippen LogP contribution in [0.4, 0.5) is 0 Å². The molecule has 0 aliphatic heterocycles. The van der Waals surface area contributed by atoms with Crippen LogP contribution in [0.2, 0.25) is 0 Å². The third-order valence-corrected chi connectivity index (χ3v) is 6.09. The quantitative estimate of drug-likeness (QED) is 0.626. The summed E-state index contributed by atoms with van der Waals surface area (Å²) in [6, 6.07) is 30.2. The zero-order valence-corrected chi connectivity index (χ0v) is 13.4. The van der Waals surface area contributed by atoms with Gasteiger partial charge in [-0.05, 0) is 36.0 Å². The molecule has 0 bridgehead atoms. The molecular weight excluding hydrogens is 327 g/mol. The monoisotopic (exact) mass is 340 g/mol. The smallest absolute Gasteiger partial charge is 0.0175 e. The fourth-order valence-electron chi connectivity index (χ4n) is 2.19. The highest BCUT2D eigenvalue weighted by Gasteiger charge is 2.15. The maximum Gasteiger partial charge on any atom is 0.0175 e. The maximum absolute atomic E-state index is 3.51. The Morgan fingerprint density at radius 3 is 1.35 bits per heavy atom. The fourth-order valence-corrected chi connectivity index (χ4v) is 4.74. The van der Waals surface area contributed by atoms with Crippen molar-refractivity contribution in [2.75, 3.05) is 0 Å². The first-order chi connectivity index (χ1) is 9.84. The third kappa shape index (κ3) is 3.00. The van der Waals surface area contributed by atoms with Crippen molar-refractivity contribution in [2.24, 2.45) is 0 Å². The number of benzene rings is 3. The highest BCUT2D eigenvalue weighted by Crippen LogP contribution is 2.32. The second-order valence-corrected chi connectivity index (χ2v) is 7.62. The van der Waals surface area contributed by atoms with Crippen molar-refractivity contribution >= 4 is 39.8 Å². The predicted molar refractivity (Wildman–Crippen MR) is 92.8 cm³/mol. The molecule has 0 spiro atoms. The SMILES string of the molecule is Brc1ccc(P(c2ccccc2)c2ccccc2)cc1. The van der Waals surface area contributed by atoms with Gasteiger partial charge in [-0.15, -0.1) is 0 Å². The average Bonchev–Trinajstić information content (AvgIpc) is 2.52. The lowest BCUT2D eigenvalue weighted by Gasteiger charge is -2.19. The van der Waals surface area contributed by atoms with Gasteiger partial charge in [0, 0.05) is 4.47 Å². The molecule has 2 heteroatoms. The Bertz CT molecular complexity index is 623. The lowest BCUT2D eigenvalue weighted by Crippen LogP contribution is -2.20. The predicted octanol–water partition coefficient (Wildman–Crippen LogP) is 4.21. The summed E-state index contributed by atoms with van der Waals surface area (Å²) >= 11 is 3.51. The molecule has 3 aromatic carbocycles. The molecule has 0 amide bonds. The molecule has 0 fully saturated rings. The van der Waals surface area contributed by atoms with E-state index in [4.69, 9.17) is 0 Å². The van der Waals surface area contributed by atoms with Crippen LogP contribution >= 0.6 is 23.9 Å². The van der Waals surface area contributed by atoms with Crippen LogP contribution in [0, 0.1) is 0 Å². The third-order valence-electron chi connectivity index (χ3n) is 3.11. The van der Waals surface area contributed by atoms with Crippen molar-refractivity contribution < 1.29 is 0 Å². The highest BCUT2D eigenvalue weighted by molar-refractivity contribution is 9.10. The Morgan fingerprint density at radius 2 is 0.900 bits per heavy atom. The Labute approximate surface area is 129 Å². The zero-order chi connectivity index (χ0) is 13.8. The second-order valence-electron chi connectivity index (χ2n) is 4.48. The lowest BCUT2D eigenvalue weighted by atomic mass is 10.4. The normalized spacial score (nSPS) is 10.7. The van der Waals surface area contributed by atoms with Gasteiger partial charge in [0.05, 0.1) is 0 Å². The Kier molecular flexibility index (Phi) is 4.30. The number of rotatable bonds is 3. The molecule has 0 aliphatic carbocycles. The molecule has 98 valence electrons. The van der Waals surface area contributed by atoms with E-state index in [1.54, 1.807) is 0 Å². The van der Waals surface area contributed by atoms with Crippen molar-refractivity contribution in [1.29, 1.82) is 0 Å². The minimum absolute atomic E-state index is 0.479. The fraction of sp³-hybridized carbons (Fsp3) is 0. The summed E-state index contributed by atoms with van der Waals surface area (Å²) in [5.41, 5.74) is 0. The van der Waals surface area contributed by atoms with Gasteiger partial charge in [-0.1, -0.05) is 88.7 Å². The van der Waals surface area contributed by atoms with E-state index in [0.717, 1.165) is 4.47 Å². The van der Waals surface area contributed by atoms with E-state index in [9.17, 15) is 0 Å². The molecule has 0 atom stereocenters. The van der Waals surface area contributed by atoms with E-state index >= 15 is 0 Å². The molecule has 0 N–H and O–H groups in total. The van der Waals surface area contributed by atoms with Gasteiger partial charge in [0.1, 0.15) is 0 Å². The largest absolute Gasteiger partial charge is 0.0622 e.